The van der Waals surface area contributed by atoms with E-state index in [-0.39, 0.29) is 0 Å². The van der Waals surface area contributed by atoms with Crippen molar-refractivity contribution in [1.82, 2.24) is 4.98 Å². The first-order chi connectivity index (χ1) is 8.68. The van der Waals surface area contributed by atoms with E-state index < -0.39 is 5.91 Å². The van der Waals surface area contributed by atoms with E-state index in [9.17, 15) is 4.79 Å². The Morgan fingerprint density at radius 1 is 1.37 bits per heavy atom. The van der Waals surface area contributed by atoms with E-state index in [0.717, 1.165) is 6.54 Å². The van der Waals surface area contributed by atoms with Crippen LogP contribution in [0.3, 0.4) is 0 Å². The number of anilines is 2. The second kappa shape index (κ2) is 4.11. The highest BCUT2D eigenvalue weighted by molar-refractivity contribution is 5.98. The van der Waals surface area contributed by atoms with Crippen LogP contribution >= 0.6 is 0 Å². The summed E-state index contributed by atoms with van der Waals surface area (Å²) in [7, 11) is 0. The van der Waals surface area contributed by atoms with Gasteiger partial charge in [0.05, 0.1) is 17.4 Å². The fraction of sp³-hybridized carbons (Fsp3) is 0.571. The lowest BCUT2D eigenvalue weighted by molar-refractivity contribution is 0.100. The van der Waals surface area contributed by atoms with Gasteiger partial charge in [-0.25, -0.2) is 4.98 Å². The Kier molecular flexibility index (Phi) is 2.96. The maximum atomic E-state index is 11.2. The van der Waals surface area contributed by atoms with Crippen LogP contribution in [0.1, 0.15) is 38.1 Å². The molecule has 1 fully saturated rings. The van der Waals surface area contributed by atoms with Crippen LogP contribution in [-0.4, -0.2) is 17.4 Å². The molecule has 0 spiro atoms. The first kappa shape index (κ1) is 13.6. The van der Waals surface area contributed by atoms with Gasteiger partial charge in [-0.05, 0) is 22.8 Å². The highest BCUT2D eigenvalue weighted by Crippen LogP contribution is 2.68. The zero-order valence-corrected chi connectivity index (χ0v) is 11.9. The molecule has 1 heterocycles. The average molecular weight is 262 g/mol. The first-order valence-electron chi connectivity index (χ1n) is 6.47. The van der Waals surface area contributed by atoms with Crippen molar-refractivity contribution in [3.05, 3.63) is 17.8 Å². The zero-order chi connectivity index (χ0) is 14.4. The Hall–Kier alpha value is -1.78. The van der Waals surface area contributed by atoms with Crippen molar-refractivity contribution < 1.29 is 4.79 Å². The molecule has 0 atom stereocenters. The maximum Gasteiger partial charge on any atom is 0.250 e. The second-order valence-corrected chi connectivity index (χ2v) is 6.40. The van der Waals surface area contributed by atoms with E-state index in [1.165, 1.54) is 6.20 Å². The van der Waals surface area contributed by atoms with E-state index in [2.05, 4.69) is 38.0 Å². The van der Waals surface area contributed by atoms with Crippen LogP contribution in [0.15, 0.2) is 12.3 Å². The van der Waals surface area contributed by atoms with Crippen LogP contribution in [-0.2, 0) is 0 Å². The third-order valence-electron chi connectivity index (χ3n) is 5.01. The summed E-state index contributed by atoms with van der Waals surface area (Å²) in [4.78, 5) is 15.4. The predicted molar refractivity (Wildman–Crippen MR) is 76.7 cm³/mol. The summed E-state index contributed by atoms with van der Waals surface area (Å²) in [5.41, 5.74) is 12.2. The van der Waals surface area contributed by atoms with Crippen molar-refractivity contribution in [2.45, 2.75) is 27.7 Å². The Balaban J connectivity index is 2.06. The van der Waals surface area contributed by atoms with Crippen molar-refractivity contribution in [3.63, 3.8) is 0 Å². The van der Waals surface area contributed by atoms with Crippen LogP contribution in [0.5, 0.6) is 0 Å². The Morgan fingerprint density at radius 2 is 1.95 bits per heavy atom. The van der Waals surface area contributed by atoms with Gasteiger partial charge in [0, 0.05) is 6.54 Å². The highest BCUT2D eigenvalue weighted by Gasteiger charge is 2.64. The lowest BCUT2D eigenvalue weighted by atomic mass is 10.0. The standard InChI is InChI=1S/C14H22N4O/c1-13(2)10(14(13,3)4)7-18-11-5-8(12(16)19)9(15)6-17-11/h5-6,10H,7,15H2,1-4H3,(H2,16,19)(H,17,18). The number of nitrogens with one attached hydrogen (secondary N) is 1. The van der Waals surface area contributed by atoms with Crippen LogP contribution in [0.25, 0.3) is 0 Å². The number of primary amides is 1. The van der Waals surface area contributed by atoms with Crippen molar-refractivity contribution in [1.29, 1.82) is 0 Å². The molecule has 1 amide bonds. The molecule has 1 aliphatic rings. The molecule has 0 unspecified atom stereocenters. The van der Waals surface area contributed by atoms with Gasteiger partial charge in [-0.15, -0.1) is 0 Å². The molecule has 0 saturated heterocycles. The molecule has 1 saturated carbocycles. The molecule has 19 heavy (non-hydrogen) atoms. The molecule has 5 nitrogen and oxygen atoms in total. The molecule has 1 aliphatic carbocycles. The van der Waals surface area contributed by atoms with Crippen molar-refractivity contribution >= 4 is 17.4 Å². The van der Waals surface area contributed by atoms with Crippen LogP contribution in [0, 0.1) is 16.7 Å². The molecule has 1 aromatic rings. The minimum Gasteiger partial charge on any atom is -0.397 e. The quantitative estimate of drug-likeness (QED) is 0.772. The maximum absolute atomic E-state index is 11.2. The Labute approximate surface area is 113 Å². The zero-order valence-electron chi connectivity index (χ0n) is 11.9. The molecular formula is C14H22N4O. The fourth-order valence-electron chi connectivity index (χ4n) is 2.83. The average Bonchev–Trinajstić information content (AvgIpc) is 2.68. The fourth-order valence-corrected chi connectivity index (χ4v) is 2.83. The van der Waals surface area contributed by atoms with Crippen LogP contribution < -0.4 is 16.8 Å². The molecule has 0 radical (unpaired) electrons. The van der Waals surface area contributed by atoms with Gasteiger partial charge in [-0.3, -0.25) is 4.79 Å². The Bertz CT molecular complexity index is 508. The third kappa shape index (κ3) is 2.13. The normalized spacial score (nSPS) is 20.0. The van der Waals surface area contributed by atoms with E-state index in [0.29, 0.717) is 33.8 Å². The number of aromatic nitrogens is 1. The topological polar surface area (TPSA) is 94.0 Å². The summed E-state index contributed by atoms with van der Waals surface area (Å²) in [6.45, 7) is 9.90. The number of carbonyl (C=O) groups is 1. The number of carbonyl (C=O) groups excluding carboxylic acids is 1. The third-order valence-corrected chi connectivity index (χ3v) is 5.01. The van der Waals surface area contributed by atoms with Gasteiger partial charge in [0.25, 0.3) is 5.91 Å². The van der Waals surface area contributed by atoms with Gasteiger partial charge < -0.3 is 16.8 Å². The molecule has 1 aromatic heterocycles. The van der Waals surface area contributed by atoms with E-state index in [1.807, 2.05) is 0 Å². The summed E-state index contributed by atoms with van der Waals surface area (Å²) in [6, 6.07) is 1.61. The van der Waals surface area contributed by atoms with Gasteiger partial charge in [0.1, 0.15) is 5.82 Å². The smallest absolute Gasteiger partial charge is 0.250 e. The molecule has 0 bridgehead atoms. The molecule has 5 heteroatoms. The van der Waals surface area contributed by atoms with Gasteiger partial charge in [-0.1, -0.05) is 27.7 Å². The minimum absolute atomic E-state index is 0.310. The molecule has 2 rings (SSSR count). The summed E-state index contributed by atoms with van der Waals surface area (Å²) >= 11 is 0. The molecule has 5 N–H and O–H groups in total. The minimum atomic E-state index is -0.532. The van der Waals surface area contributed by atoms with Gasteiger partial charge >= 0.3 is 0 Å². The van der Waals surface area contributed by atoms with Crippen molar-refractivity contribution in [3.8, 4) is 0 Å². The van der Waals surface area contributed by atoms with Gasteiger partial charge in [0.2, 0.25) is 0 Å². The number of amides is 1. The summed E-state index contributed by atoms with van der Waals surface area (Å²) in [6.07, 6.45) is 1.46. The number of hydrogen-bond acceptors (Lipinski definition) is 4. The number of nitrogen functional groups attached to an aromatic ring is 1. The second-order valence-electron chi connectivity index (χ2n) is 6.40. The number of rotatable bonds is 4. The van der Waals surface area contributed by atoms with Crippen LogP contribution in [0.4, 0.5) is 11.5 Å². The van der Waals surface area contributed by atoms with E-state index in [4.69, 9.17) is 11.5 Å². The molecule has 0 aromatic carbocycles. The number of nitrogens with two attached hydrogens (primary N) is 2. The summed E-state index contributed by atoms with van der Waals surface area (Å²) < 4.78 is 0. The van der Waals surface area contributed by atoms with Crippen LogP contribution in [0.2, 0.25) is 0 Å². The van der Waals surface area contributed by atoms with Gasteiger partial charge in [0.15, 0.2) is 0 Å². The monoisotopic (exact) mass is 262 g/mol. The van der Waals surface area contributed by atoms with Gasteiger partial charge in [-0.2, -0.15) is 0 Å². The van der Waals surface area contributed by atoms with E-state index in [1.54, 1.807) is 6.07 Å². The summed E-state index contributed by atoms with van der Waals surface area (Å²) in [5.74, 6) is 0.688. The largest absolute Gasteiger partial charge is 0.397 e. The van der Waals surface area contributed by atoms with Crippen molar-refractivity contribution in [2.75, 3.05) is 17.6 Å². The molecular weight excluding hydrogens is 240 g/mol. The Morgan fingerprint density at radius 3 is 2.42 bits per heavy atom. The summed E-state index contributed by atoms with van der Waals surface area (Å²) in [5, 5.41) is 3.27. The van der Waals surface area contributed by atoms with E-state index >= 15 is 0 Å². The number of nitrogens with zero attached hydrogens (tertiary/aromatic N) is 1. The lowest BCUT2D eigenvalue weighted by Crippen LogP contribution is -2.15. The molecule has 0 aliphatic heterocycles. The molecule has 104 valence electrons. The number of pyridine rings is 1. The first-order valence-corrected chi connectivity index (χ1v) is 6.47. The number of hydrogen-bond donors (Lipinski definition) is 3. The lowest BCUT2D eigenvalue weighted by Gasteiger charge is -2.09. The predicted octanol–water partition coefficient (Wildman–Crippen LogP) is 1.86. The van der Waals surface area contributed by atoms with Crippen molar-refractivity contribution in [2.24, 2.45) is 22.5 Å². The highest BCUT2D eigenvalue weighted by atomic mass is 16.1. The SMILES string of the molecule is CC1(C)C(CNc2cc(C(N)=O)c(N)cn2)C1(C)C.